The highest BCUT2D eigenvalue weighted by atomic mass is 16.6. The van der Waals surface area contributed by atoms with Crippen molar-refractivity contribution < 1.29 is 19.0 Å². The van der Waals surface area contributed by atoms with Gasteiger partial charge in [-0.1, -0.05) is 17.3 Å². The smallest absolute Gasteiger partial charge is 0.271 e. The fraction of sp³-hybridized carbons (Fsp3) is 0.158. The molecule has 3 rings (SSSR count). The summed E-state index contributed by atoms with van der Waals surface area (Å²) in [5.41, 5.74) is 2.24. The van der Waals surface area contributed by atoms with Gasteiger partial charge >= 0.3 is 0 Å². The highest BCUT2D eigenvalue weighted by Gasteiger charge is 2.12. The number of ether oxygens (including phenoxy) is 1. The monoisotopic (exact) mass is 367 g/mol. The summed E-state index contributed by atoms with van der Waals surface area (Å²) in [5, 5.41) is 17.4. The summed E-state index contributed by atoms with van der Waals surface area (Å²) in [7, 11) is 0. The fourth-order valence-electron chi connectivity index (χ4n) is 2.49. The first-order chi connectivity index (χ1) is 12.9. The van der Waals surface area contributed by atoms with Gasteiger partial charge in [0, 0.05) is 23.4 Å². The number of non-ortho nitro benzene ring substituents is 1. The van der Waals surface area contributed by atoms with Gasteiger partial charge in [0.1, 0.15) is 18.1 Å². The van der Waals surface area contributed by atoms with E-state index in [1.165, 1.54) is 18.2 Å². The molecule has 1 N–H and O–H groups in total. The van der Waals surface area contributed by atoms with Gasteiger partial charge in [-0.15, -0.1) is 0 Å². The van der Waals surface area contributed by atoms with E-state index in [1.807, 2.05) is 13.8 Å². The van der Waals surface area contributed by atoms with E-state index in [9.17, 15) is 14.9 Å². The van der Waals surface area contributed by atoms with Crippen molar-refractivity contribution in [1.82, 2.24) is 5.16 Å². The van der Waals surface area contributed by atoms with Crippen LogP contribution in [0, 0.1) is 24.0 Å². The molecule has 0 aliphatic heterocycles. The third kappa shape index (κ3) is 4.30. The highest BCUT2D eigenvalue weighted by Crippen LogP contribution is 2.21. The normalized spacial score (nSPS) is 10.4. The van der Waals surface area contributed by atoms with Crippen LogP contribution in [0.1, 0.15) is 27.4 Å². The lowest BCUT2D eigenvalue weighted by atomic mass is 10.2. The molecule has 8 nitrogen and oxygen atoms in total. The van der Waals surface area contributed by atoms with Gasteiger partial charge in [0.25, 0.3) is 11.6 Å². The van der Waals surface area contributed by atoms with Crippen LogP contribution in [0.15, 0.2) is 53.1 Å². The van der Waals surface area contributed by atoms with Gasteiger partial charge in [-0.3, -0.25) is 14.9 Å². The molecule has 0 unspecified atom stereocenters. The van der Waals surface area contributed by atoms with E-state index in [-0.39, 0.29) is 12.3 Å². The van der Waals surface area contributed by atoms with Crippen LogP contribution in [-0.4, -0.2) is 16.0 Å². The Morgan fingerprint density at radius 3 is 2.70 bits per heavy atom. The summed E-state index contributed by atoms with van der Waals surface area (Å²) in [6.07, 6.45) is 0. The Kier molecular flexibility index (Phi) is 5.16. The van der Waals surface area contributed by atoms with Gasteiger partial charge in [0.15, 0.2) is 0 Å². The zero-order chi connectivity index (χ0) is 19.4. The van der Waals surface area contributed by atoms with E-state index in [2.05, 4.69) is 10.5 Å². The van der Waals surface area contributed by atoms with Crippen molar-refractivity contribution >= 4 is 17.3 Å². The first-order valence-electron chi connectivity index (χ1n) is 8.14. The molecule has 1 aromatic heterocycles. The zero-order valence-electron chi connectivity index (χ0n) is 14.8. The maximum Gasteiger partial charge on any atom is 0.271 e. The number of rotatable bonds is 6. The van der Waals surface area contributed by atoms with Gasteiger partial charge in [0.05, 0.1) is 16.2 Å². The van der Waals surface area contributed by atoms with Crippen LogP contribution >= 0.6 is 0 Å². The predicted octanol–water partition coefficient (Wildman–Crippen LogP) is 4.03. The number of aryl methyl sites for hydroxylation is 2. The molecule has 8 heteroatoms. The average Bonchev–Trinajstić information content (AvgIpc) is 2.98. The quantitative estimate of drug-likeness (QED) is 0.520. The van der Waals surface area contributed by atoms with E-state index in [1.54, 1.807) is 30.3 Å². The number of aromatic nitrogens is 1. The van der Waals surface area contributed by atoms with Crippen molar-refractivity contribution in [3.8, 4) is 5.75 Å². The van der Waals surface area contributed by atoms with Crippen LogP contribution in [0.5, 0.6) is 5.75 Å². The number of nitrogens with zero attached hydrogens (tertiary/aromatic N) is 2. The first-order valence-corrected chi connectivity index (χ1v) is 8.14. The minimum atomic E-state index is -0.515. The number of nitrogens with one attached hydrogen (secondary N) is 1. The van der Waals surface area contributed by atoms with Crippen molar-refractivity contribution in [2.24, 2.45) is 0 Å². The number of carbonyl (C=O) groups excluding carboxylic acids is 1. The number of nitro groups is 1. The Labute approximate surface area is 154 Å². The molecule has 0 aliphatic rings. The van der Waals surface area contributed by atoms with Crippen LogP contribution < -0.4 is 10.1 Å². The van der Waals surface area contributed by atoms with Gasteiger partial charge in [-0.05, 0) is 38.1 Å². The second-order valence-electron chi connectivity index (χ2n) is 5.88. The van der Waals surface area contributed by atoms with Crippen LogP contribution in [0.4, 0.5) is 11.4 Å². The Morgan fingerprint density at radius 1 is 1.22 bits per heavy atom. The first kappa shape index (κ1) is 18.1. The Hall–Kier alpha value is -3.68. The molecule has 27 heavy (non-hydrogen) atoms. The second kappa shape index (κ2) is 7.69. The van der Waals surface area contributed by atoms with Crippen molar-refractivity contribution in [2.45, 2.75) is 20.5 Å². The fourth-order valence-corrected chi connectivity index (χ4v) is 2.49. The molecular weight excluding hydrogens is 350 g/mol. The van der Waals surface area contributed by atoms with E-state index in [4.69, 9.17) is 9.26 Å². The summed E-state index contributed by atoms with van der Waals surface area (Å²) in [5.74, 6) is 0.812. The predicted molar refractivity (Wildman–Crippen MR) is 97.8 cm³/mol. The largest absolute Gasteiger partial charge is 0.489 e. The second-order valence-corrected chi connectivity index (χ2v) is 5.88. The molecule has 1 heterocycles. The lowest BCUT2D eigenvalue weighted by Crippen LogP contribution is -2.12. The van der Waals surface area contributed by atoms with Crippen molar-refractivity contribution in [3.05, 3.63) is 81.2 Å². The molecule has 0 aliphatic carbocycles. The van der Waals surface area contributed by atoms with E-state index in [0.29, 0.717) is 22.8 Å². The lowest BCUT2D eigenvalue weighted by molar-refractivity contribution is -0.384. The molecule has 2 aromatic carbocycles. The number of anilines is 1. The number of nitro benzene ring substituents is 1. The lowest BCUT2D eigenvalue weighted by Gasteiger charge is -2.09. The van der Waals surface area contributed by atoms with Gasteiger partial charge < -0.3 is 14.6 Å². The van der Waals surface area contributed by atoms with Gasteiger partial charge in [-0.2, -0.15) is 0 Å². The molecule has 0 radical (unpaired) electrons. The molecule has 3 aromatic rings. The standard InChI is InChI=1S/C19H17N3O5/c1-12-18(13(2)27-21-12)11-26-17-8-3-5-14(9-17)19(23)20-15-6-4-7-16(10-15)22(24)25/h3-10H,11H2,1-2H3,(H,20,23). The Morgan fingerprint density at radius 2 is 2.00 bits per heavy atom. The summed E-state index contributed by atoms with van der Waals surface area (Å²) < 4.78 is 10.8. The summed E-state index contributed by atoms with van der Waals surface area (Å²) in [4.78, 5) is 22.7. The number of hydrogen-bond donors (Lipinski definition) is 1. The minimum Gasteiger partial charge on any atom is -0.489 e. The molecule has 0 atom stereocenters. The SMILES string of the molecule is Cc1noc(C)c1COc1cccc(C(=O)Nc2cccc([N+](=O)[O-])c2)c1. The minimum absolute atomic E-state index is 0.0932. The maximum atomic E-state index is 12.4. The van der Waals surface area contributed by atoms with Crippen LogP contribution in [0.2, 0.25) is 0 Å². The van der Waals surface area contributed by atoms with E-state index in [0.717, 1.165) is 11.3 Å². The third-order valence-corrected chi connectivity index (χ3v) is 3.98. The van der Waals surface area contributed by atoms with E-state index >= 15 is 0 Å². The van der Waals surface area contributed by atoms with E-state index < -0.39 is 10.8 Å². The topological polar surface area (TPSA) is 108 Å². The molecule has 0 bridgehead atoms. The van der Waals surface area contributed by atoms with Crippen molar-refractivity contribution in [3.63, 3.8) is 0 Å². The number of benzene rings is 2. The molecule has 0 fully saturated rings. The third-order valence-electron chi connectivity index (χ3n) is 3.98. The summed E-state index contributed by atoms with van der Waals surface area (Å²) >= 11 is 0. The van der Waals surface area contributed by atoms with Gasteiger partial charge in [0.2, 0.25) is 0 Å². The number of carbonyl (C=O) groups is 1. The Balaban J connectivity index is 1.70. The number of hydrogen-bond acceptors (Lipinski definition) is 6. The van der Waals surface area contributed by atoms with Crippen LogP contribution in [-0.2, 0) is 6.61 Å². The number of amides is 1. The van der Waals surface area contributed by atoms with Crippen LogP contribution in [0.25, 0.3) is 0 Å². The Bertz CT molecular complexity index is 977. The zero-order valence-corrected chi connectivity index (χ0v) is 14.8. The maximum absolute atomic E-state index is 12.4. The van der Waals surface area contributed by atoms with Crippen molar-refractivity contribution in [2.75, 3.05) is 5.32 Å². The highest BCUT2D eigenvalue weighted by molar-refractivity contribution is 6.04. The molecule has 0 saturated carbocycles. The summed E-state index contributed by atoms with van der Waals surface area (Å²) in [6, 6.07) is 12.4. The molecular formula is C19H17N3O5. The molecule has 0 spiro atoms. The molecule has 0 saturated heterocycles. The van der Waals surface area contributed by atoms with Crippen LogP contribution in [0.3, 0.4) is 0 Å². The summed E-state index contributed by atoms with van der Waals surface area (Å²) in [6.45, 7) is 3.91. The van der Waals surface area contributed by atoms with Gasteiger partial charge in [-0.25, -0.2) is 0 Å². The molecule has 138 valence electrons. The molecule has 1 amide bonds. The average molecular weight is 367 g/mol. The van der Waals surface area contributed by atoms with Crippen molar-refractivity contribution in [1.29, 1.82) is 0 Å².